The largest absolute Gasteiger partial charge is 0.330 e. The van der Waals surface area contributed by atoms with Crippen molar-refractivity contribution in [2.45, 2.75) is 6.92 Å². The SMILES string of the molecule is Cc1cc2c(cc1F)[nH]c(=S)n2-c1cc(F)ccc1Br. The Hall–Kier alpha value is -1.53. The molecule has 0 unspecified atom stereocenters. The number of nitrogens with zero attached hydrogens (tertiary/aromatic N) is 1. The van der Waals surface area contributed by atoms with E-state index in [0.29, 0.717) is 31.5 Å². The summed E-state index contributed by atoms with van der Waals surface area (Å²) < 4.78 is 29.9. The Morgan fingerprint density at radius 2 is 1.95 bits per heavy atom. The lowest BCUT2D eigenvalue weighted by Crippen LogP contribution is -1.97. The van der Waals surface area contributed by atoms with Gasteiger partial charge in [0.25, 0.3) is 0 Å². The first-order valence-corrected chi connectivity index (χ1v) is 7.04. The third-order valence-corrected chi connectivity index (χ3v) is 4.07. The summed E-state index contributed by atoms with van der Waals surface area (Å²) in [5.41, 5.74) is 2.37. The lowest BCUT2D eigenvalue weighted by molar-refractivity contribution is 0.620. The van der Waals surface area contributed by atoms with Gasteiger partial charge >= 0.3 is 0 Å². The highest BCUT2D eigenvalue weighted by molar-refractivity contribution is 9.10. The molecule has 0 aliphatic carbocycles. The van der Waals surface area contributed by atoms with Crippen molar-refractivity contribution in [1.82, 2.24) is 9.55 Å². The number of benzene rings is 2. The number of imidazole rings is 1. The molecule has 0 bridgehead atoms. The number of hydrogen-bond acceptors (Lipinski definition) is 1. The van der Waals surface area contributed by atoms with E-state index >= 15 is 0 Å². The van der Waals surface area contributed by atoms with Crippen LogP contribution in [0.25, 0.3) is 16.7 Å². The van der Waals surface area contributed by atoms with Crippen molar-refractivity contribution in [1.29, 1.82) is 0 Å². The Morgan fingerprint density at radius 3 is 2.70 bits per heavy atom. The normalized spacial score (nSPS) is 11.2. The highest BCUT2D eigenvalue weighted by atomic mass is 79.9. The van der Waals surface area contributed by atoms with Gasteiger partial charge in [0.2, 0.25) is 0 Å². The monoisotopic (exact) mass is 354 g/mol. The molecule has 3 rings (SSSR count). The van der Waals surface area contributed by atoms with Crippen LogP contribution >= 0.6 is 28.1 Å². The maximum absolute atomic E-state index is 13.6. The third-order valence-electron chi connectivity index (χ3n) is 3.11. The smallest absolute Gasteiger partial charge is 0.182 e. The molecule has 0 aliphatic heterocycles. The summed E-state index contributed by atoms with van der Waals surface area (Å²) in [5.74, 6) is -0.669. The second kappa shape index (κ2) is 4.79. The van der Waals surface area contributed by atoms with Crippen LogP contribution in [0.1, 0.15) is 5.56 Å². The van der Waals surface area contributed by atoms with E-state index in [1.165, 1.54) is 18.2 Å². The number of rotatable bonds is 1. The first-order valence-electron chi connectivity index (χ1n) is 5.83. The highest BCUT2D eigenvalue weighted by Crippen LogP contribution is 2.27. The van der Waals surface area contributed by atoms with Crippen LogP contribution in [0.2, 0.25) is 0 Å². The molecule has 0 radical (unpaired) electrons. The van der Waals surface area contributed by atoms with Crippen molar-refractivity contribution in [2.24, 2.45) is 0 Å². The summed E-state index contributed by atoms with van der Waals surface area (Å²) in [7, 11) is 0. The number of aryl methyl sites for hydroxylation is 1. The number of H-pyrrole nitrogens is 1. The van der Waals surface area contributed by atoms with Crippen LogP contribution in [-0.4, -0.2) is 9.55 Å². The first kappa shape index (κ1) is 13.5. The lowest BCUT2D eigenvalue weighted by Gasteiger charge is -2.08. The average Bonchev–Trinajstić information content (AvgIpc) is 2.69. The molecule has 1 N–H and O–H groups in total. The van der Waals surface area contributed by atoms with E-state index in [9.17, 15) is 8.78 Å². The molecule has 1 heterocycles. The predicted molar refractivity (Wildman–Crippen MR) is 80.8 cm³/mol. The summed E-state index contributed by atoms with van der Waals surface area (Å²) in [6.07, 6.45) is 0. The lowest BCUT2D eigenvalue weighted by atomic mass is 10.2. The summed E-state index contributed by atoms with van der Waals surface area (Å²) in [4.78, 5) is 2.93. The third kappa shape index (κ3) is 2.09. The number of fused-ring (bicyclic) bond motifs is 1. The first-order chi connectivity index (χ1) is 9.47. The van der Waals surface area contributed by atoms with Crippen molar-refractivity contribution < 1.29 is 8.78 Å². The van der Waals surface area contributed by atoms with Crippen molar-refractivity contribution in [3.8, 4) is 5.69 Å². The van der Waals surface area contributed by atoms with E-state index in [2.05, 4.69) is 20.9 Å². The van der Waals surface area contributed by atoms with E-state index < -0.39 is 0 Å². The van der Waals surface area contributed by atoms with Gasteiger partial charge in [0.15, 0.2) is 4.77 Å². The Morgan fingerprint density at radius 1 is 1.20 bits per heavy atom. The summed E-state index contributed by atoms with van der Waals surface area (Å²) in [5, 5.41) is 0. The molecule has 0 fully saturated rings. The van der Waals surface area contributed by atoms with Crippen LogP contribution in [0.5, 0.6) is 0 Å². The standard InChI is InChI=1S/C14H9BrF2N2S/c1-7-4-13-11(6-10(7)17)18-14(20)19(13)12-5-8(16)2-3-9(12)15/h2-6H,1H3,(H,18,20). The molecule has 0 saturated carbocycles. The predicted octanol–water partition coefficient (Wildman–Crippen LogP) is 5.04. The van der Waals surface area contributed by atoms with Crippen LogP contribution in [0.4, 0.5) is 8.78 Å². The minimum Gasteiger partial charge on any atom is -0.330 e. The Bertz CT molecular complexity index is 883. The number of halogens is 3. The second-order valence-electron chi connectivity index (χ2n) is 4.48. The fourth-order valence-corrected chi connectivity index (χ4v) is 2.86. The molecule has 2 nitrogen and oxygen atoms in total. The van der Waals surface area contributed by atoms with Crippen LogP contribution in [0.3, 0.4) is 0 Å². The van der Waals surface area contributed by atoms with E-state index in [1.54, 1.807) is 23.6 Å². The molecule has 0 saturated heterocycles. The Kier molecular flexibility index (Phi) is 3.22. The van der Waals surface area contributed by atoms with Gasteiger partial charge in [0.1, 0.15) is 11.6 Å². The molecule has 6 heteroatoms. The zero-order valence-electron chi connectivity index (χ0n) is 10.4. The summed E-state index contributed by atoms with van der Waals surface area (Å²) in [6, 6.07) is 7.43. The molecule has 0 spiro atoms. The van der Waals surface area contributed by atoms with Gasteiger partial charge in [-0.25, -0.2) is 8.78 Å². The molecular weight excluding hydrogens is 346 g/mol. The van der Waals surface area contributed by atoms with E-state index in [1.807, 2.05) is 0 Å². The minimum atomic E-state index is -0.363. The van der Waals surface area contributed by atoms with E-state index in [-0.39, 0.29) is 11.6 Å². The number of aromatic nitrogens is 2. The molecule has 2 aromatic carbocycles. The van der Waals surface area contributed by atoms with Crippen LogP contribution in [0, 0.1) is 23.3 Å². The highest BCUT2D eigenvalue weighted by Gasteiger charge is 2.12. The molecule has 20 heavy (non-hydrogen) atoms. The topological polar surface area (TPSA) is 20.7 Å². The van der Waals surface area contributed by atoms with E-state index in [0.717, 1.165) is 0 Å². The fourth-order valence-electron chi connectivity index (χ4n) is 2.13. The van der Waals surface area contributed by atoms with Crippen LogP contribution < -0.4 is 0 Å². The molecule has 102 valence electrons. The fraction of sp³-hybridized carbons (Fsp3) is 0.0714. The number of hydrogen-bond donors (Lipinski definition) is 1. The Balaban J connectivity index is 2.42. The summed E-state index contributed by atoms with van der Waals surface area (Å²) in [6.45, 7) is 1.68. The van der Waals surface area contributed by atoms with Crippen molar-refractivity contribution >= 4 is 39.2 Å². The average molecular weight is 355 g/mol. The van der Waals surface area contributed by atoms with Gasteiger partial charge in [-0.2, -0.15) is 0 Å². The van der Waals surface area contributed by atoms with Gasteiger partial charge in [-0.3, -0.25) is 4.57 Å². The van der Waals surface area contributed by atoms with Gasteiger partial charge in [0, 0.05) is 4.47 Å². The van der Waals surface area contributed by atoms with Gasteiger partial charge < -0.3 is 4.98 Å². The molecule has 0 atom stereocenters. The van der Waals surface area contributed by atoms with Gasteiger partial charge in [-0.1, -0.05) is 0 Å². The van der Waals surface area contributed by atoms with Crippen LogP contribution in [0.15, 0.2) is 34.8 Å². The molecule has 1 aromatic heterocycles. The molecule has 3 aromatic rings. The van der Waals surface area contributed by atoms with Crippen molar-refractivity contribution in [3.05, 3.63) is 56.8 Å². The number of nitrogens with one attached hydrogen (secondary N) is 1. The zero-order chi connectivity index (χ0) is 14.4. The Labute approximate surface area is 127 Å². The molecule has 0 aliphatic rings. The van der Waals surface area contributed by atoms with Crippen LogP contribution in [-0.2, 0) is 0 Å². The van der Waals surface area contributed by atoms with E-state index in [4.69, 9.17) is 12.2 Å². The van der Waals surface area contributed by atoms with Crippen molar-refractivity contribution in [2.75, 3.05) is 0 Å². The maximum Gasteiger partial charge on any atom is 0.182 e. The molecule has 0 amide bonds. The van der Waals surface area contributed by atoms with Gasteiger partial charge in [-0.05, 0) is 71.0 Å². The maximum atomic E-state index is 13.6. The minimum absolute atomic E-state index is 0.306. The zero-order valence-corrected chi connectivity index (χ0v) is 12.8. The van der Waals surface area contributed by atoms with Gasteiger partial charge in [0.05, 0.1) is 16.7 Å². The molecular formula is C14H9BrF2N2S. The second-order valence-corrected chi connectivity index (χ2v) is 5.72. The number of aromatic amines is 1. The summed E-state index contributed by atoms with van der Waals surface area (Å²) >= 11 is 8.65. The quantitative estimate of drug-likeness (QED) is 0.607. The van der Waals surface area contributed by atoms with Crippen molar-refractivity contribution in [3.63, 3.8) is 0 Å². The van der Waals surface area contributed by atoms with Gasteiger partial charge in [-0.15, -0.1) is 0 Å².